The van der Waals surface area contributed by atoms with Gasteiger partial charge in [0.2, 0.25) is 0 Å². The molecule has 2 aromatic rings. The van der Waals surface area contributed by atoms with Gasteiger partial charge in [-0.25, -0.2) is 9.78 Å². The van der Waals surface area contributed by atoms with Gasteiger partial charge in [-0.2, -0.15) is 0 Å². The van der Waals surface area contributed by atoms with Gasteiger partial charge in [0.25, 0.3) is 11.5 Å². The van der Waals surface area contributed by atoms with E-state index >= 15 is 0 Å². The number of carboxylic acids is 1. The number of pyridine rings is 1. The van der Waals surface area contributed by atoms with Gasteiger partial charge in [-0.3, -0.25) is 23.9 Å². The molecule has 2 aromatic heterocycles. The zero-order valence-electron chi connectivity index (χ0n) is 14.4. The standard InChI is InChI=1S/C17H20N4O5/c1-2-7-21-14-13(16(25)20-17(21)26)10(8-11(19-14)9-3-4-9)15(24)18-6-5-12(22)23/h8-9H,2-7H2,1H3,(H,18,24)(H,22,23)(H,20,25,26). The fourth-order valence-corrected chi connectivity index (χ4v) is 2.87. The number of carbonyl (C=O) groups excluding carboxylic acids is 1. The molecule has 1 aliphatic rings. The SMILES string of the molecule is CCCn1c(=O)[nH]c(=O)c2c(C(=O)NCCC(=O)O)cc(C3CC3)nc21. The molecule has 0 bridgehead atoms. The molecular weight excluding hydrogens is 340 g/mol. The fraction of sp³-hybridized carbons (Fsp3) is 0.471. The van der Waals surface area contributed by atoms with Crippen LogP contribution >= 0.6 is 0 Å². The highest BCUT2D eigenvalue weighted by Crippen LogP contribution is 2.39. The number of aromatic nitrogens is 3. The zero-order valence-corrected chi connectivity index (χ0v) is 14.4. The lowest BCUT2D eigenvalue weighted by atomic mass is 10.1. The molecule has 2 heterocycles. The van der Waals surface area contributed by atoms with Crippen molar-refractivity contribution >= 4 is 22.9 Å². The summed E-state index contributed by atoms with van der Waals surface area (Å²) in [5, 5.41) is 11.3. The number of nitrogens with one attached hydrogen (secondary N) is 2. The van der Waals surface area contributed by atoms with Crippen molar-refractivity contribution < 1.29 is 14.7 Å². The summed E-state index contributed by atoms with van der Waals surface area (Å²) in [6.07, 6.45) is 2.33. The summed E-state index contributed by atoms with van der Waals surface area (Å²) in [5.41, 5.74) is -0.227. The van der Waals surface area contributed by atoms with Crippen molar-refractivity contribution in [2.75, 3.05) is 6.54 Å². The maximum absolute atomic E-state index is 12.6. The van der Waals surface area contributed by atoms with E-state index in [0.717, 1.165) is 12.8 Å². The molecule has 1 aliphatic carbocycles. The number of fused-ring (bicyclic) bond motifs is 1. The second-order valence-corrected chi connectivity index (χ2v) is 6.38. The van der Waals surface area contributed by atoms with E-state index in [-0.39, 0.29) is 35.5 Å². The van der Waals surface area contributed by atoms with Crippen LogP contribution in [0.15, 0.2) is 15.7 Å². The average Bonchev–Trinajstić information content (AvgIpc) is 3.42. The molecule has 0 unspecified atom stereocenters. The number of rotatable bonds is 7. The van der Waals surface area contributed by atoms with Gasteiger partial charge in [0, 0.05) is 24.7 Å². The largest absolute Gasteiger partial charge is 0.481 e. The van der Waals surface area contributed by atoms with Gasteiger partial charge in [0.05, 0.1) is 17.4 Å². The summed E-state index contributed by atoms with van der Waals surface area (Å²) < 4.78 is 1.37. The summed E-state index contributed by atoms with van der Waals surface area (Å²) in [6.45, 7) is 2.21. The van der Waals surface area contributed by atoms with Crippen LogP contribution in [0.4, 0.5) is 0 Å². The van der Waals surface area contributed by atoms with Crippen LogP contribution in [-0.4, -0.2) is 38.1 Å². The molecule has 0 spiro atoms. The Hall–Kier alpha value is -2.97. The molecule has 0 atom stereocenters. The molecule has 3 N–H and O–H groups in total. The smallest absolute Gasteiger partial charge is 0.329 e. The molecule has 0 radical (unpaired) electrons. The molecule has 1 amide bonds. The first-order valence-corrected chi connectivity index (χ1v) is 8.60. The van der Waals surface area contributed by atoms with Crippen LogP contribution in [0, 0.1) is 0 Å². The molecular formula is C17H20N4O5. The summed E-state index contributed by atoms with van der Waals surface area (Å²) in [5.74, 6) is -1.36. The van der Waals surface area contributed by atoms with Crippen LogP contribution < -0.4 is 16.6 Å². The van der Waals surface area contributed by atoms with Crippen molar-refractivity contribution in [3.63, 3.8) is 0 Å². The second kappa shape index (κ2) is 7.11. The van der Waals surface area contributed by atoms with E-state index < -0.39 is 23.1 Å². The minimum Gasteiger partial charge on any atom is -0.481 e. The predicted octanol–water partition coefficient (Wildman–Crippen LogP) is 0.577. The normalized spacial score (nSPS) is 13.7. The number of aliphatic carboxylic acids is 1. The van der Waals surface area contributed by atoms with E-state index in [1.807, 2.05) is 6.92 Å². The topological polar surface area (TPSA) is 134 Å². The van der Waals surface area contributed by atoms with Crippen LogP contribution in [0.25, 0.3) is 11.0 Å². The van der Waals surface area contributed by atoms with Crippen LogP contribution in [-0.2, 0) is 11.3 Å². The molecule has 3 rings (SSSR count). The van der Waals surface area contributed by atoms with Crippen molar-refractivity contribution in [1.29, 1.82) is 0 Å². The Morgan fingerprint density at radius 2 is 2.12 bits per heavy atom. The summed E-state index contributed by atoms with van der Waals surface area (Å²) in [6, 6.07) is 1.58. The molecule has 0 saturated heterocycles. The minimum atomic E-state index is -1.03. The summed E-state index contributed by atoms with van der Waals surface area (Å²) in [4.78, 5) is 54.5. The fourth-order valence-electron chi connectivity index (χ4n) is 2.87. The summed E-state index contributed by atoms with van der Waals surface area (Å²) >= 11 is 0. The minimum absolute atomic E-state index is 0.0512. The molecule has 1 fully saturated rings. The Morgan fingerprint density at radius 1 is 1.38 bits per heavy atom. The van der Waals surface area contributed by atoms with E-state index in [1.165, 1.54) is 4.57 Å². The van der Waals surface area contributed by atoms with Crippen LogP contribution in [0.5, 0.6) is 0 Å². The van der Waals surface area contributed by atoms with E-state index in [1.54, 1.807) is 6.07 Å². The van der Waals surface area contributed by atoms with E-state index in [9.17, 15) is 19.2 Å². The number of hydrogen-bond acceptors (Lipinski definition) is 5. The molecule has 0 aliphatic heterocycles. The predicted molar refractivity (Wildman–Crippen MR) is 93.5 cm³/mol. The quantitative estimate of drug-likeness (QED) is 0.661. The average molecular weight is 360 g/mol. The Labute approximate surface area is 148 Å². The van der Waals surface area contributed by atoms with Crippen molar-refractivity contribution in [2.24, 2.45) is 0 Å². The number of aryl methyl sites for hydroxylation is 1. The van der Waals surface area contributed by atoms with Gasteiger partial charge in [-0.15, -0.1) is 0 Å². The van der Waals surface area contributed by atoms with Gasteiger partial charge in [0.1, 0.15) is 0 Å². The van der Waals surface area contributed by atoms with Gasteiger partial charge in [-0.05, 0) is 25.3 Å². The second-order valence-electron chi connectivity index (χ2n) is 6.38. The van der Waals surface area contributed by atoms with Crippen molar-refractivity contribution in [2.45, 2.75) is 45.1 Å². The van der Waals surface area contributed by atoms with Gasteiger partial charge < -0.3 is 10.4 Å². The van der Waals surface area contributed by atoms with E-state index in [2.05, 4.69) is 15.3 Å². The first kappa shape index (κ1) is 17.8. The number of H-pyrrole nitrogens is 1. The lowest BCUT2D eigenvalue weighted by molar-refractivity contribution is -0.136. The maximum atomic E-state index is 12.6. The molecule has 26 heavy (non-hydrogen) atoms. The molecule has 0 aromatic carbocycles. The van der Waals surface area contributed by atoms with Crippen LogP contribution in [0.3, 0.4) is 0 Å². The number of carboxylic acid groups (broad SMARTS) is 1. The third-order valence-corrected chi connectivity index (χ3v) is 4.28. The van der Waals surface area contributed by atoms with Gasteiger partial charge in [0.15, 0.2) is 5.65 Å². The van der Waals surface area contributed by atoms with Crippen molar-refractivity contribution in [3.05, 3.63) is 38.2 Å². The lowest BCUT2D eigenvalue weighted by Crippen LogP contribution is -2.34. The Morgan fingerprint density at radius 3 is 2.73 bits per heavy atom. The Bertz CT molecular complexity index is 987. The lowest BCUT2D eigenvalue weighted by Gasteiger charge is -2.13. The zero-order chi connectivity index (χ0) is 18.8. The van der Waals surface area contributed by atoms with Crippen LogP contribution in [0.2, 0.25) is 0 Å². The monoisotopic (exact) mass is 360 g/mol. The highest BCUT2D eigenvalue weighted by molar-refractivity contribution is 6.05. The third-order valence-electron chi connectivity index (χ3n) is 4.28. The third kappa shape index (κ3) is 3.51. The molecule has 1 saturated carbocycles. The Balaban J connectivity index is 2.15. The number of hydrogen-bond donors (Lipinski definition) is 3. The van der Waals surface area contributed by atoms with E-state index in [4.69, 9.17) is 5.11 Å². The van der Waals surface area contributed by atoms with Gasteiger partial charge in [-0.1, -0.05) is 6.92 Å². The van der Waals surface area contributed by atoms with Gasteiger partial charge >= 0.3 is 11.7 Å². The summed E-state index contributed by atoms with van der Waals surface area (Å²) in [7, 11) is 0. The van der Waals surface area contributed by atoms with Crippen LogP contribution in [0.1, 0.15) is 54.6 Å². The molecule has 9 heteroatoms. The number of aromatic amines is 1. The van der Waals surface area contributed by atoms with E-state index in [0.29, 0.717) is 18.7 Å². The number of carbonyl (C=O) groups is 2. The Kier molecular flexibility index (Phi) is 4.88. The highest BCUT2D eigenvalue weighted by Gasteiger charge is 2.28. The first-order chi connectivity index (χ1) is 12.4. The molecule has 9 nitrogen and oxygen atoms in total. The number of nitrogens with zero attached hydrogens (tertiary/aromatic N) is 2. The number of amides is 1. The maximum Gasteiger partial charge on any atom is 0.329 e. The molecule has 138 valence electrons. The first-order valence-electron chi connectivity index (χ1n) is 8.60. The van der Waals surface area contributed by atoms with Crippen molar-refractivity contribution in [1.82, 2.24) is 19.9 Å². The van der Waals surface area contributed by atoms with Crippen molar-refractivity contribution in [3.8, 4) is 0 Å². The highest BCUT2D eigenvalue weighted by atomic mass is 16.4.